The van der Waals surface area contributed by atoms with Gasteiger partial charge in [0.05, 0.1) is 29.3 Å². The molecule has 12 nitrogen and oxygen atoms in total. The molecule has 1 saturated heterocycles. The summed E-state index contributed by atoms with van der Waals surface area (Å²) in [7, 11) is -4.41. The molecule has 0 aromatic rings. The van der Waals surface area contributed by atoms with Gasteiger partial charge in [0.1, 0.15) is 24.4 Å². The molecule has 0 spiro atoms. The maximum absolute atomic E-state index is 12.4. The molecule has 5 rings (SSSR count). The van der Waals surface area contributed by atoms with E-state index >= 15 is 0 Å². The smallest absolute Gasteiger partial charge is 0.748 e. The molecule has 14 atom stereocenters. The van der Waals surface area contributed by atoms with Crippen molar-refractivity contribution < 1.29 is 118 Å². The van der Waals surface area contributed by atoms with Gasteiger partial charge < -0.3 is 44.6 Å². The second kappa shape index (κ2) is 16.5. The third-order valence-electron chi connectivity index (χ3n) is 12.1. The van der Waals surface area contributed by atoms with Crippen LogP contribution in [-0.2, 0) is 29.2 Å². The molecule has 1 amide bonds. The summed E-state index contributed by atoms with van der Waals surface area (Å²) < 4.78 is 89.2. The summed E-state index contributed by atoms with van der Waals surface area (Å²) in [5, 5.41) is 45.0. The molecule has 5 aliphatic rings. The van der Waals surface area contributed by atoms with Gasteiger partial charge in [-0.25, -0.2) is 8.42 Å². The van der Waals surface area contributed by atoms with E-state index in [1.165, 1.54) is 0 Å². The Morgan fingerprint density at radius 2 is 1.72 bits per heavy atom. The predicted molar refractivity (Wildman–Crippen MR) is 158 cm³/mol. The third kappa shape index (κ3) is 8.83. The molecule has 1 heterocycles. The van der Waals surface area contributed by atoms with Gasteiger partial charge in [-0.1, -0.05) is 20.8 Å². The summed E-state index contributed by atoms with van der Waals surface area (Å²) in [4.78, 5) is 23.9. The summed E-state index contributed by atoms with van der Waals surface area (Å²) >= 11 is 0. The fraction of sp³-hybridized carbons (Fsp3) is 0.938. The fourth-order valence-corrected chi connectivity index (χ4v) is 10.1. The number of carboxylic acid groups (broad SMARTS) is 1. The van der Waals surface area contributed by atoms with E-state index in [0.717, 1.165) is 25.7 Å². The number of carbonyl (C=O) groups excluding carboxylic acids is 2. The minimum absolute atomic E-state index is 0. The van der Waals surface area contributed by atoms with E-state index in [9.17, 15) is 47.1 Å². The van der Waals surface area contributed by atoms with Gasteiger partial charge in [0.25, 0.3) is 0 Å². The van der Waals surface area contributed by atoms with Gasteiger partial charge in [0, 0.05) is 18.4 Å². The Bertz CT molecular complexity index is 1440. The molecule has 4 saturated carbocycles. The molecule has 2 unspecified atom stereocenters. The molecular weight excluding hydrogens is 652 g/mol. The number of rotatable bonds is 10. The number of aliphatic hydroxyl groups is 3. The van der Waals surface area contributed by atoms with Crippen molar-refractivity contribution in [1.82, 2.24) is 5.32 Å². The number of amides is 1. The Morgan fingerprint density at radius 1 is 1.04 bits per heavy atom. The van der Waals surface area contributed by atoms with E-state index in [0.29, 0.717) is 31.1 Å². The molecule has 47 heavy (non-hydrogen) atoms. The molecule has 15 heteroatoms. The Kier molecular flexibility index (Phi) is 12.2. The van der Waals surface area contributed by atoms with Gasteiger partial charge in [-0.15, -0.1) is 0 Å². The average Bonchev–Trinajstić information content (AvgIpc) is 3.35. The van der Waals surface area contributed by atoms with E-state index in [1.807, 2.05) is 6.92 Å². The average molecular weight is 709 g/mol. The zero-order valence-corrected chi connectivity index (χ0v) is 33.0. The van der Waals surface area contributed by atoms with Crippen molar-refractivity contribution in [3.8, 4) is 0 Å². The first-order chi connectivity index (χ1) is 22.9. The number of carbonyl (C=O) groups is 2. The zero-order valence-electron chi connectivity index (χ0n) is 33.1. The second-order valence-corrected chi connectivity index (χ2v) is 16.1. The molecular formula is C32H51NNa2O11S. The maximum atomic E-state index is 12.4. The van der Waals surface area contributed by atoms with Crippen LogP contribution in [0.15, 0.2) is 0 Å². The quantitative estimate of drug-likeness (QED) is 0.0959. The van der Waals surface area contributed by atoms with Crippen LogP contribution in [0.4, 0.5) is 0 Å². The molecule has 0 aromatic carbocycles. The van der Waals surface area contributed by atoms with Crippen molar-refractivity contribution in [2.45, 2.75) is 128 Å². The van der Waals surface area contributed by atoms with Gasteiger partial charge in [-0.2, -0.15) is 0 Å². The SMILES string of the molecule is [2H]C1([2H])C[C@]2(C)C3CC[C@]4(C)[C@@H]([C@H](C)CCC(=O)NCCS(=O)(=O)[O-])CC[C@H]4[C@@H]3CC[C@@H]2C([2H])([2H])[C@]1([2H])O[C@@H]1O[C@H](C(=O)[O-])[C@@H](O)C(O)[C@H]1O.[Na+].[Na+]. The topological polar surface area (TPSA) is 206 Å². The second-order valence-electron chi connectivity index (χ2n) is 14.5. The first kappa shape index (κ1) is 34.7. The third-order valence-corrected chi connectivity index (χ3v) is 12.8. The molecule has 0 bridgehead atoms. The minimum Gasteiger partial charge on any atom is -0.748 e. The van der Waals surface area contributed by atoms with Crippen molar-refractivity contribution in [3.05, 3.63) is 0 Å². The molecule has 0 radical (unpaired) electrons. The van der Waals surface area contributed by atoms with Gasteiger partial charge in [-0.3, -0.25) is 4.79 Å². The number of carboxylic acids is 1. The van der Waals surface area contributed by atoms with Crippen LogP contribution in [0.1, 0.15) is 98.2 Å². The van der Waals surface area contributed by atoms with E-state index in [4.69, 9.17) is 12.2 Å². The Labute approximate surface area is 330 Å². The van der Waals surface area contributed by atoms with Crippen LogP contribution in [-0.4, -0.2) is 89.3 Å². The summed E-state index contributed by atoms with van der Waals surface area (Å²) in [5.41, 5.74) is -0.929. The van der Waals surface area contributed by atoms with Crippen LogP contribution in [0.25, 0.3) is 0 Å². The van der Waals surface area contributed by atoms with Crippen LogP contribution < -0.4 is 69.5 Å². The number of aliphatic carboxylic acids is 1. The van der Waals surface area contributed by atoms with Gasteiger partial charge in [0.15, 0.2) is 6.29 Å². The normalized spacial score (nSPS) is 48.9. The zero-order chi connectivity index (χ0) is 37.4. The Hall–Kier alpha value is 0.650. The number of nitrogens with one attached hydrogen (secondary N) is 1. The largest absolute Gasteiger partial charge is 1.00 e. The fourth-order valence-electron chi connectivity index (χ4n) is 9.70. The van der Waals surface area contributed by atoms with Crippen molar-refractivity contribution in [1.29, 1.82) is 0 Å². The van der Waals surface area contributed by atoms with Gasteiger partial charge >= 0.3 is 59.1 Å². The Morgan fingerprint density at radius 3 is 2.38 bits per heavy atom. The molecule has 258 valence electrons. The van der Waals surface area contributed by atoms with E-state index in [-0.39, 0.29) is 108 Å². The Balaban J connectivity index is 0.00000364. The number of hydrogen-bond donors (Lipinski definition) is 4. The monoisotopic (exact) mass is 708 g/mol. The standard InChI is InChI=1S/C32H53NO11S.2Na/c1-17(4-9-24(34)33-14-15-45(40,41)42)21-7-8-22-20-6-5-18-16-19(10-12-31(18,2)23(20)11-13-32(21,22)3)43-30-27(37)25(35)26(36)28(44-30)29(38)39;;/h17-23,25-28,30,35-37H,4-16H2,1-3H3,(H,33,34)(H,38,39)(H,40,41,42);;/q;2*+1/p-2/t17-,18-,19-,20+,21-,22+,23?,25?,26+,27-,28+,30-,31+,32-;;/m1../s1/i10D2,16D2,19D;;. The van der Waals surface area contributed by atoms with Crippen molar-refractivity contribution in [2.24, 2.45) is 46.3 Å². The maximum Gasteiger partial charge on any atom is 1.00 e. The first-order valence-corrected chi connectivity index (χ1v) is 17.8. The van der Waals surface area contributed by atoms with Gasteiger partial charge in [-0.05, 0) is 110 Å². The number of hydrogen-bond acceptors (Lipinski definition) is 11. The molecule has 1 aliphatic heterocycles. The van der Waals surface area contributed by atoms with E-state index in [2.05, 4.69) is 19.2 Å². The van der Waals surface area contributed by atoms with Crippen LogP contribution >= 0.6 is 0 Å². The summed E-state index contributed by atoms with van der Waals surface area (Å²) in [6.45, 7) is 6.09. The van der Waals surface area contributed by atoms with E-state index < -0.39 is 82.7 Å². The first-order valence-electron chi connectivity index (χ1n) is 18.7. The van der Waals surface area contributed by atoms with Crippen LogP contribution in [0, 0.1) is 46.3 Å². The predicted octanol–water partition coefficient (Wildman–Crippen LogP) is -5.33. The molecule has 4 N–H and O–H groups in total. The summed E-state index contributed by atoms with van der Waals surface area (Å²) in [6.07, 6.45) is -13.9. The number of aliphatic hydroxyl groups excluding tert-OH is 3. The molecule has 5 fully saturated rings. The summed E-state index contributed by atoms with van der Waals surface area (Å²) in [6, 6.07) is 0. The minimum atomic E-state index is -4.41. The van der Waals surface area contributed by atoms with E-state index in [1.54, 1.807) is 0 Å². The summed E-state index contributed by atoms with van der Waals surface area (Å²) in [5.74, 6) is -2.80. The number of fused-ring (bicyclic) bond motifs is 5. The van der Waals surface area contributed by atoms with Crippen LogP contribution in [0.2, 0.25) is 0 Å². The van der Waals surface area contributed by atoms with Gasteiger partial charge in [0.2, 0.25) is 5.91 Å². The molecule has 0 aromatic heterocycles. The van der Waals surface area contributed by atoms with Crippen LogP contribution in [0.3, 0.4) is 0 Å². The number of ether oxygens (including phenoxy) is 2. The van der Waals surface area contributed by atoms with Crippen molar-refractivity contribution >= 4 is 22.0 Å². The van der Waals surface area contributed by atoms with Crippen molar-refractivity contribution in [3.63, 3.8) is 0 Å². The molecule has 4 aliphatic carbocycles. The van der Waals surface area contributed by atoms with Crippen molar-refractivity contribution in [2.75, 3.05) is 12.3 Å². The van der Waals surface area contributed by atoms with Crippen LogP contribution in [0.5, 0.6) is 0 Å².